The molecule has 4 atom stereocenters. The van der Waals surface area contributed by atoms with E-state index in [4.69, 9.17) is 18.9 Å². The predicted octanol–water partition coefficient (Wildman–Crippen LogP) is 1.27. The van der Waals surface area contributed by atoms with Gasteiger partial charge in [-0.2, -0.15) is 0 Å². The number of carbonyl (C=O) groups excluding carboxylic acids is 1. The first-order chi connectivity index (χ1) is 12.0. The lowest BCUT2D eigenvalue weighted by Gasteiger charge is -2.19. The maximum atomic E-state index is 13.6. The summed E-state index contributed by atoms with van der Waals surface area (Å²) in [7, 11) is 2.44. The highest BCUT2D eigenvalue weighted by Crippen LogP contribution is 2.38. The number of methoxy groups -OCH3 is 2. The van der Waals surface area contributed by atoms with Crippen LogP contribution in [0.4, 0.5) is 10.1 Å². The minimum Gasteiger partial charge on any atom is -0.493 e. The molecule has 0 radical (unpaired) electrons. The number of fused-ring (bicyclic) bond motifs is 1. The van der Waals surface area contributed by atoms with E-state index in [-0.39, 0.29) is 30.3 Å². The highest BCUT2D eigenvalue weighted by atomic mass is 19.1. The Kier molecular flexibility index (Phi) is 4.73. The normalized spacial score (nSPS) is 27.6. The van der Waals surface area contributed by atoms with Crippen LogP contribution in [0.15, 0.2) is 12.1 Å². The maximum absolute atomic E-state index is 13.6. The largest absolute Gasteiger partial charge is 0.493 e. The smallest absolute Gasteiger partial charge is 0.345 e. The summed E-state index contributed by atoms with van der Waals surface area (Å²) in [4.78, 5) is 22.3. The maximum Gasteiger partial charge on any atom is 0.345 e. The Morgan fingerprint density at radius 2 is 1.96 bits per heavy atom. The lowest BCUT2D eigenvalue weighted by atomic mass is 10.1. The first kappa shape index (κ1) is 17.4. The van der Waals surface area contributed by atoms with E-state index >= 15 is 0 Å². The van der Waals surface area contributed by atoms with Gasteiger partial charge in [0.05, 0.1) is 38.4 Å². The summed E-state index contributed by atoms with van der Waals surface area (Å²) in [6.45, 7) is -0.0147. The molecule has 136 valence electrons. The van der Waals surface area contributed by atoms with E-state index in [9.17, 15) is 19.3 Å². The minimum absolute atomic E-state index is 0.0296. The molecule has 0 saturated carbocycles. The fourth-order valence-electron chi connectivity index (χ4n) is 2.91. The van der Waals surface area contributed by atoms with Gasteiger partial charge in [0.25, 0.3) is 5.69 Å². The molecule has 25 heavy (non-hydrogen) atoms. The Bertz CT molecular complexity index is 696. The lowest BCUT2D eigenvalue weighted by molar-refractivity contribution is -0.385. The second-order valence-electron chi connectivity index (χ2n) is 5.54. The van der Waals surface area contributed by atoms with Gasteiger partial charge >= 0.3 is 5.97 Å². The van der Waals surface area contributed by atoms with Crippen molar-refractivity contribution in [2.75, 3.05) is 27.4 Å². The summed E-state index contributed by atoms with van der Waals surface area (Å²) in [6.07, 6.45) is -3.22. The molecule has 2 aliphatic heterocycles. The molecule has 0 unspecified atom stereocenters. The Morgan fingerprint density at radius 3 is 2.60 bits per heavy atom. The van der Waals surface area contributed by atoms with Crippen molar-refractivity contribution in [1.29, 1.82) is 0 Å². The molecule has 2 heterocycles. The molecule has 3 rings (SSSR count). The van der Waals surface area contributed by atoms with E-state index in [2.05, 4.69) is 4.74 Å². The molecule has 2 fully saturated rings. The third-order valence-electron chi connectivity index (χ3n) is 4.11. The van der Waals surface area contributed by atoms with Crippen molar-refractivity contribution in [2.45, 2.75) is 24.5 Å². The van der Waals surface area contributed by atoms with Crippen LogP contribution in [0.5, 0.6) is 11.5 Å². The zero-order valence-corrected chi connectivity index (χ0v) is 13.5. The van der Waals surface area contributed by atoms with Crippen LogP contribution < -0.4 is 9.47 Å². The summed E-state index contributed by atoms with van der Waals surface area (Å²) in [5.41, 5.74) is -0.757. The monoisotopic (exact) mass is 357 g/mol. The molecule has 0 aliphatic carbocycles. The number of ether oxygens (including phenoxy) is 5. The van der Waals surface area contributed by atoms with E-state index in [1.807, 2.05) is 0 Å². The van der Waals surface area contributed by atoms with E-state index in [1.165, 1.54) is 13.2 Å². The number of hydrogen-bond donors (Lipinski definition) is 0. The lowest BCUT2D eigenvalue weighted by Crippen LogP contribution is -2.34. The van der Waals surface area contributed by atoms with E-state index in [0.717, 1.165) is 13.2 Å². The summed E-state index contributed by atoms with van der Waals surface area (Å²) in [5, 5.41) is 11.3. The summed E-state index contributed by atoms with van der Waals surface area (Å²) in [6, 6.07) is 2.24. The molecule has 9 nitrogen and oxygen atoms in total. The Balaban J connectivity index is 1.92. The fourth-order valence-corrected chi connectivity index (χ4v) is 2.91. The van der Waals surface area contributed by atoms with E-state index in [0.29, 0.717) is 0 Å². The molecule has 10 heteroatoms. The van der Waals surface area contributed by atoms with Crippen LogP contribution in [0.25, 0.3) is 0 Å². The molecular weight excluding hydrogens is 341 g/mol. The van der Waals surface area contributed by atoms with Crippen molar-refractivity contribution < 1.29 is 37.8 Å². The molecule has 0 amide bonds. The van der Waals surface area contributed by atoms with Gasteiger partial charge in [0, 0.05) is 6.07 Å². The first-order valence-electron chi connectivity index (χ1n) is 7.45. The van der Waals surface area contributed by atoms with Crippen LogP contribution in [0.1, 0.15) is 10.4 Å². The Labute approximate surface area is 141 Å². The minimum atomic E-state index is -1.24. The van der Waals surface area contributed by atoms with E-state index in [1.54, 1.807) is 0 Å². The number of nitro groups is 1. The van der Waals surface area contributed by atoms with Gasteiger partial charge in [0.2, 0.25) is 0 Å². The van der Waals surface area contributed by atoms with Crippen LogP contribution in [-0.2, 0) is 14.2 Å². The molecule has 0 aromatic heterocycles. The molecule has 0 spiro atoms. The van der Waals surface area contributed by atoms with Crippen molar-refractivity contribution in [3.63, 3.8) is 0 Å². The molecular formula is C15H16FNO8. The standard InChI is InChI=1S/C15H16FNO8/c1-21-10-3-7(15(18)22-2)9(17(19)20)4-11(10)25-12-6-24-13-8(16)5-23-14(12)13/h3-4,8,12-14H,5-6H2,1-2H3/t8-,12-,13+,14+/m0/s1. The van der Waals surface area contributed by atoms with Gasteiger partial charge in [-0.15, -0.1) is 0 Å². The van der Waals surface area contributed by atoms with Crippen molar-refractivity contribution in [3.8, 4) is 11.5 Å². The average Bonchev–Trinajstić information content (AvgIpc) is 3.17. The zero-order chi connectivity index (χ0) is 18.1. The van der Waals surface area contributed by atoms with Crippen LogP contribution in [0.2, 0.25) is 0 Å². The highest BCUT2D eigenvalue weighted by Gasteiger charge is 2.49. The number of hydrogen-bond acceptors (Lipinski definition) is 8. The fraction of sp³-hybridized carbons (Fsp3) is 0.533. The number of alkyl halides is 1. The first-order valence-corrected chi connectivity index (χ1v) is 7.45. The van der Waals surface area contributed by atoms with Crippen LogP contribution >= 0.6 is 0 Å². The average molecular weight is 357 g/mol. The highest BCUT2D eigenvalue weighted by molar-refractivity contribution is 5.95. The summed E-state index contributed by atoms with van der Waals surface area (Å²) in [5.74, 6) is -0.744. The van der Waals surface area contributed by atoms with Crippen molar-refractivity contribution in [3.05, 3.63) is 27.8 Å². The third-order valence-corrected chi connectivity index (χ3v) is 4.11. The van der Waals surface area contributed by atoms with E-state index < -0.39 is 41.1 Å². The number of nitrogens with zero attached hydrogens (tertiary/aromatic N) is 1. The number of rotatable bonds is 5. The van der Waals surface area contributed by atoms with Gasteiger partial charge in [0.15, 0.2) is 23.8 Å². The number of benzene rings is 1. The van der Waals surface area contributed by atoms with Gasteiger partial charge in [-0.1, -0.05) is 0 Å². The van der Waals surface area contributed by atoms with Gasteiger partial charge in [-0.25, -0.2) is 9.18 Å². The van der Waals surface area contributed by atoms with Crippen molar-refractivity contribution >= 4 is 11.7 Å². The second-order valence-corrected chi connectivity index (χ2v) is 5.54. The molecule has 0 N–H and O–H groups in total. The van der Waals surface area contributed by atoms with Gasteiger partial charge in [0.1, 0.15) is 17.8 Å². The van der Waals surface area contributed by atoms with Gasteiger partial charge in [-0.3, -0.25) is 10.1 Å². The summed E-state index contributed by atoms with van der Waals surface area (Å²) < 4.78 is 39.7. The molecule has 1 aromatic carbocycles. The number of carbonyl (C=O) groups is 1. The zero-order valence-electron chi connectivity index (χ0n) is 13.5. The van der Waals surface area contributed by atoms with Crippen molar-refractivity contribution in [2.24, 2.45) is 0 Å². The molecule has 0 bridgehead atoms. The van der Waals surface area contributed by atoms with Crippen LogP contribution in [-0.4, -0.2) is 62.8 Å². The quantitative estimate of drug-likeness (QED) is 0.441. The van der Waals surface area contributed by atoms with Crippen molar-refractivity contribution in [1.82, 2.24) is 0 Å². The number of halogens is 1. The van der Waals surface area contributed by atoms with Gasteiger partial charge < -0.3 is 23.7 Å². The van der Waals surface area contributed by atoms with Crippen LogP contribution in [0.3, 0.4) is 0 Å². The Hall–Kier alpha value is -2.46. The third kappa shape index (κ3) is 3.10. The molecule has 2 aliphatic rings. The predicted molar refractivity (Wildman–Crippen MR) is 79.8 cm³/mol. The second kappa shape index (κ2) is 6.81. The van der Waals surface area contributed by atoms with Crippen LogP contribution in [0, 0.1) is 10.1 Å². The summed E-state index contributed by atoms with van der Waals surface area (Å²) >= 11 is 0. The number of esters is 1. The number of nitro benzene ring substituents is 1. The Morgan fingerprint density at radius 1 is 1.24 bits per heavy atom. The van der Waals surface area contributed by atoms with Gasteiger partial charge in [-0.05, 0) is 0 Å². The molecule has 2 saturated heterocycles. The SMILES string of the molecule is COC(=O)c1cc(OC)c(O[C@H]2CO[C@H]3[C@@H]2OC[C@@H]3F)cc1[N+](=O)[O-]. The molecule has 1 aromatic rings. The topological polar surface area (TPSA) is 106 Å².